The van der Waals surface area contributed by atoms with Crippen LogP contribution in [0.5, 0.6) is 5.75 Å². The van der Waals surface area contributed by atoms with Crippen molar-refractivity contribution in [1.82, 2.24) is 5.32 Å². The molecule has 0 saturated carbocycles. The molecule has 0 aliphatic rings. The Labute approximate surface area is 139 Å². The Balaban J connectivity index is 2.05. The van der Waals surface area contributed by atoms with Crippen LogP contribution < -0.4 is 10.1 Å². The Morgan fingerprint density at radius 1 is 1.23 bits per heavy atom. The molecular weight excluding hydrogens is 318 g/mol. The average Bonchev–Trinajstić information content (AvgIpc) is 2.53. The van der Waals surface area contributed by atoms with Crippen LogP contribution in [-0.2, 0) is 17.3 Å². The lowest BCUT2D eigenvalue weighted by Gasteiger charge is -2.18. The van der Waals surface area contributed by atoms with Crippen molar-refractivity contribution in [1.29, 1.82) is 0 Å². The number of methoxy groups -OCH3 is 1. The van der Waals surface area contributed by atoms with E-state index in [2.05, 4.69) is 12.2 Å². The van der Waals surface area contributed by atoms with Gasteiger partial charge < -0.3 is 10.1 Å². The molecule has 0 radical (unpaired) electrons. The van der Waals surface area contributed by atoms with E-state index in [1.165, 1.54) is 0 Å². The van der Waals surface area contributed by atoms with Crippen LogP contribution in [-0.4, -0.2) is 17.6 Å². The second-order valence-electron chi connectivity index (χ2n) is 5.09. The summed E-state index contributed by atoms with van der Waals surface area (Å²) in [6.07, 6.45) is 1.68. The Morgan fingerprint density at radius 2 is 1.91 bits per heavy atom. The van der Waals surface area contributed by atoms with E-state index < -0.39 is 10.8 Å². The van der Waals surface area contributed by atoms with Gasteiger partial charge in [0.2, 0.25) is 0 Å². The molecule has 22 heavy (non-hydrogen) atoms. The zero-order valence-electron chi connectivity index (χ0n) is 12.9. The summed E-state index contributed by atoms with van der Waals surface area (Å²) in [5, 5.41) is 4.15. The lowest BCUT2D eigenvalue weighted by molar-refractivity contribution is 0.401. The van der Waals surface area contributed by atoms with Crippen molar-refractivity contribution in [3.05, 3.63) is 58.6 Å². The molecule has 118 valence electrons. The van der Waals surface area contributed by atoms with E-state index in [1.54, 1.807) is 13.4 Å². The number of halogens is 1. The second kappa shape index (κ2) is 7.77. The molecule has 0 fully saturated rings. The van der Waals surface area contributed by atoms with Crippen LogP contribution in [0.2, 0.25) is 5.02 Å². The van der Waals surface area contributed by atoms with Gasteiger partial charge in [0.1, 0.15) is 5.75 Å². The van der Waals surface area contributed by atoms with Gasteiger partial charge in [-0.2, -0.15) is 0 Å². The van der Waals surface area contributed by atoms with Gasteiger partial charge in [0.15, 0.2) is 0 Å². The van der Waals surface area contributed by atoms with Crippen molar-refractivity contribution >= 4 is 22.4 Å². The standard InChI is InChI=1S/C17H20ClNO2S/c1-12(16-10-14(18)6-9-17(16)21-2)19-11-13-4-7-15(8-5-13)22(3)20/h4-10,12,19H,11H2,1-3H3. The van der Waals surface area contributed by atoms with Gasteiger partial charge in [0, 0.05) is 45.1 Å². The molecule has 2 atom stereocenters. The highest BCUT2D eigenvalue weighted by atomic mass is 35.5. The molecule has 0 bridgehead atoms. The summed E-state index contributed by atoms with van der Waals surface area (Å²) in [4.78, 5) is 0.841. The maximum atomic E-state index is 11.4. The summed E-state index contributed by atoms with van der Waals surface area (Å²) in [6, 6.07) is 13.5. The maximum absolute atomic E-state index is 11.4. The van der Waals surface area contributed by atoms with Crippen molar-refractivity contribution < 1.29 is 8.95 Å². The predicted molar refractivity (Wildman–Crippen MR) is 92.0 cm³/mol. The Kier molecular flexibility index (Phi) is 6.00. The van der Waals surface area contributed by atoms with Crippen molar-refractivity contribution in [3.63, 3.8) is 0 Å². The molecule has 0 spiro atoms. The Bertz CT molecular complexity index is 658. The van der Waals surface area contributed by atoms with Gasteiger partial charge in [-0.15, -0.1) is 0 Å². The maximum Gasteiger partial charge on any atom is 0.123 e. The van der Waals surface area contributed by atoms with E-state index in [1.807, 2.05) is 42.5 Å². The zero-order valence-corrected chi connectivity index (χ0v) is 14.5. The summed E-state index contributed by atoms with van der Waals surface area (Å²) in [5.41, 5.74) is 2.17. The molecule has 0 heterocycles. The van der Waals surface area contributed by atoms with Crippen LogP contribution >= 0.6 is 11.6 Å². The largest absolute Gasteiger partial charge is 0.496 e. The molecule has 2 aromatic rings. The smallest absolute Gasteiger partial charge is 0.123 e. The van der Waals surface area contributed by atoms with Crippen molar-refractivity contribution in [2.24, 2.45) is 0 Å². The fourth-order valence-electron chi connectivity index (χ4n) is 2.22. The first-order valence-electron chi connectivity index (χ1n) is 7.00. The van der Waals surface area contributed by atoms with Gasteiger partial charge in [-0.3, -0.25) is 4.21 Å². The first-order valence-corrected chi connectivity index (χ1v) is 8.94. The summed E-state index contributed by atoms with van der Waals surface area (Å²) in [5.74, 6) is 0.820. The highest BCUT2D eigenvalue weighted by Gasteiger charge is 2.11. The van der Waals surface area contributed by atoms with Crippen LogP contribution in [0.3, 0.4) is 0 Å². The molecular formula is C17H20ClNO2S. The van der Waals surface area contributed by atoms with Gasteiger partial charge in [0.05, 0.1) is 7.11 Å². The fraction of sp³-hybridized carbons (Fsp3) is 0.294. The van der Waals surface area contributed by atoms with Crippen molar-refractivity contribution in [3.8, 4) is 5.75 Å². The lowest BCUT2D eigenvalue weighted by Crippen LogP contribution is -2.18. The van der Waals surface area contributed by atoms with E-state index >= 15 is 0 Å². The number of ether oxygens (including phenoxy) is 1. The van der Waals surface area contributed by atoms with Crippen molar-refractivity contribution in [2.75, 3.05) is 13.4 Å². The topological polar surface area (TPSA) is 38.3 Å². The average molecular weight is 338 g/mol. The zero-order chi connectivity index (χ0) is 16.1. The minimum Gasteiger partial charge on any atom is -0.496 e. The second-order valence-corrected chi connectivity index (χ2v) is 6.90. The van der Waals surface area contributed by atoms with Gasteiger partial charge in [0.25, 0.3) is 0 Å². The summed E-state index contributed by atoms with van der Waals surface area (Å²) < 4.78 is 16.8. The highest BCUT2D eigenvalue weighted by molar-refractivity contribution is 7.84. The van der Waals surface area contributed by atoms with Crippen LogP contribution in [0.1, 0.15) is 24.1 Å². The number of hydrogen-bond acceptors (Lipinski definition) is 3. The molecule has 3 nitrogen and oxygen atoms in total. The molecule has 2 unspecified atom stereocenters. The molecule has 2 rings (SSSR count). The third-order valence-electron chi connectivity index (χ3n) is 3.53. The lowest BCUT2D eigenvalue weighted by atomic mass is 10.1. The molecule has 1 N–H and O–H groups in total. The van der Waals surface area contributed by atoms with E-state index in [-0.39, 0.29) is 6.04 Å². The molecule has 0 aliphatic carbocycles. The summed E-state index contributed by atoms with van der Waals surface area (Å²) >= 11 is 6.07. The molecule has 0 amide bonds. The molecule has 0 aliphatic heterocycles. The Morgan fingerprint density at radius 3 is 2.50 bits per heavy atom. The third-order valence-corrected chi connectivity index (χ3v) is 4.70. The number of benzene rings is 2. The SMILES string of the molecule is COc1ccc(Cl)cc1C(C)NCc1ccc(S(C)=O)cc1. The van der Waals surface area contributed by atoms with Gasteiger partial charge >= 0.3 is 0 Å². The third kappa shape index (κ3) is 4.32. The van der Waals surface area contributed by atoms with E-state index in [0.29, 0.717) is 11.6 Å². The Hall–Kier alpha value is -1.36. The highest BCUT2D eigenvalue weighted by Crippen LogP contribution is 2.28. The minimum absolute atomic E-state index is 0.105. The summed E-state index contributed by atoms with van der Waals surface area (Å²) in [6.45, 7) is 2.79. The summed E-state index contributed by atoms with van der Waals surface area (Å²) in [7, 11) is 0.718. The molecule has 5 heteroatoms. The molecule has 0 saturated heterocycles. The predicted octanol–water partition coefficient (Wildman–Crippen LogP) is 3.94. The van der Waals surface area contributed by atoms with Gasteiger partial charge in [-0.25, -0.2) is 0 Å². The van der Waals surface area contributed by atoms with Gasteiger partial charge in [-0.1, -0.05) is 23.7 Å². The minimum atomic E-state index is -0.938. The van der Waals surface area contributed by atoms with Gasteiger partial charge in [-0.05, 0) is 42.8 Å². The first-order chi connectivity index (χ1) is 10.5. The number of nitrogens with one attached hydrogen (secondary N) is 1. The van der Waals surface area contributed by atoms with Crippen LogP contribution in [0.25, 0.3) is 0 Å². The quantitative estimate of drug-likeness (QED) is 0.867. The monoisotopic (exact) mass is 337 g/mol. The van der Waals surface area contributed by atoms with Crippen LogP contribution in [0.15, 0.2) is 47.4 Å². The van der Waals surface area contributed by atoms with E-state index in [4.69, 9.17) is 16.3 Å². The fourth-order valence-corrected chi connectivity index (χ4v) is 2.92. The van der Waals surface area contributed by atoms with Crippen molar-refractivity contribution in [2.45, 2.75) is 24.4 Å². The van der Waals surface area contributed by atoms with Crippen LogP contribution in [0, 0.1) is 0 Å². The number of hydrogen-bond donors (Lipinski definition) is 1. The van der Waals surface area contributed by atoms with E-state index in [0.717, 1.165) is 21.8 Å². The first kappa shape index (κ1) is 17.0. The normalized spacial score (nSPS) is 13.6. The molecule has 0 aromatic heterocycles. The van der Waals surface area contributed by atoms with E-state index in [9.17, 15) is 4.21 Å². The molecule has 2 aromatic carbocycles. The number of rotatable bonds is 6. The van der Waals surface area contributed by atoms with Crippen LogP contribution in [0.4, 0.5) is 0 Å².